The number of ether oxygens (including phenoxy) is 3. The molecule has 2 N–H and O–H groups in total. The van der Waals surface area contributed by atoms with E-state index in [1.165, 1.54) is 0 Å². The first-order valence-corrected chi connectivity index (χ1v) is 13.5. The first kappa shape index (κ1) is 26.3. The first-order chi connectivity index (χ1) is 17.5. The molecule has 2 heterocycles. The number of benzene rings is 2. The lowest BCUT2D eigenvalue weighted by molar-refractivity contribution is 0.217. The van der Waals surface area contributed by atoms with Crippen LogP contribution in [0.25, 0.3) is 5.65 Å². The van der Waals surface area contributed by atoms with Crippen LogP contribution in [0.1, 0.15) is 50.0 Å². The Morgan fingerprint density at radius 1 is 1.00 bits per heavy atom. The van der Waals surface area contributed by atoms with E-state index in [1.807, 2.05) is 43.3 Å². The standard InChI is InChI=1S/C26H33N5O5S/c1-17-7-12-22(36-14-13-35-20-10-8-19(34-6)9-11-20)21(15-17)30-37(32,33)18(2)25-28-27-24-16-23(26(3,4)5)29-31(24)25/h7-12,15-16,18,29-30H,13-14H2,1-6H3. The van der Waals surface area contributed by atoms with E-state index in [9.17, 15) is 8.42 Å². The Morgan fingerprint density at radius 2 is 1.68 bits per heavy atom. The summed E-state index contributed by atoms with van der Waals surface area (Å²) < 4.78 is 47.8. The predicted molar refractivity (Wildman–Crippen MR) is 142 cm³/mol. The van der Waals surface area contributed by atoms with Crippen molar-refractivity contribution in [3.8, 4) is 17.2 Å². The van der Waals surface area contributed by atoms with Gasteiger partial charge in [-0.2, -0.15) is 0 Å². The van der Waals surface area contributed by atoms with Gasteiger partial charge in [0.15, 0.2) is 11.5 Å². The Labute approximate surface area is 217 Å². The van der Waals surface area contributed by atoms with E-state index in [2.05, 4.69) is 40.8 Å². The van der Waals surface area contributed by atoms with Crippen LogP contribution in [0.3, 0.4) is 0 Å². The van der Waals surface area contributed by atoms with Crippen molar-refractivity contribution in [2.75, 3.05) is 25.0 Å². The van der Waals surface area contributed by atoms with Crippen LogP contribution in [0.15, 0.2) is 48.5 Å². The summed E-state index contributed by atoms with van der Waals surface area (Å²) in [6.45, 7) is 10.2. The Balaban J connectivity index is 1.46. The topological polar surface area (TPSA) is 120 Å². The molecule has 2 aromatic heterocycles. The molecule has 0 aliphatic carbocycles. The van der Waals surface area contributed by atoms with Gasteiger partial charge in [0.2, 0.25) is 10.0 Å². The Morgan fingerprint density at radius 3 is 2.35 bits per heavy atom. The van der Waals surface area contributed by atoms with Gasteiger partial charge in [0, 0.05) is 17.2 Å². The highest BCUT2D eigenvalue weighted by Crippen LogP contribution is 2.31. The van der Waals surface area contributed by atoms with Crippen LogP contribution in [0, 0.1) is 6.92 Å². The van der Waals surface area contributed by atoms with Gasteiger partial charge in [0.1, 0.15) is 35.7 Å². The molecule has 0 saturated heterocycles. The van der Waals surface area contributed by atoms with Crippen molar-refractivity contribution in [1.82, 2.24) is 19.8 Å². The van der Waals surface area contributed by atoms with Gasteiger partial charge in [-0.25, -0.2) is 12.9 Å². The molecule has 4 rings (SSSR count). The molecule has 0 bridgehead atoms. The van der Waals surface area contributed by atoms with Crippen molar-refractivity contribution in [2.24, 2.45) is 0 Å². The highest BCUT2D eigenvalue weighted by Gasteiger charge is 2.30. The number of nitrogens with one attached hydrogen (secondary N) is 2. The van der Waals surface area contributed by atoms with Crippen LogP contribution < -0.4 is 18.9 Å². The smallest absolute Gasteiger partial charge is 0.242 e. The molecule has 0 spiro atoms. The van der Waals surface area contributed by atoms with Gasteiger partial charge < -0.3 is 14.2 Å². The number of anilines is 1. The Bertz CT molecular complexity index is 1470. The van der Waals surface area contributed by atoms with Gasteiger partial charge in [-0.3, -0.25) is 9.82 Å². The number of aromatic nitrogens is 4. The second kappa shape index (κ2) is 10.3. The first-order valence-electron chi connectivity index (χ1n) is 11.9. The summed E-state index contributed by atoms with van der Waals surface area (Å²) in [5.74, 6) is 2.12. The van der Waals surface area contributed by atoms with Crippen molar-refractivity contribution in [2.45, 2.75) is 45.3 Å². The van der Waals surface area contributed by atoms with E-state index in [1.54, 1.807) is 30.7 Å². The van der Waals surface area contributed by atoms with Crippen molar-refractivity contribution in [3.63, 3.8) is 0 Å². The lowest BCUT2D eigenvalue weighted by Gasteiger charge is -2.18. The number of nitrogens with zero attached hydrogens (tertiary/aromatic N) is 3. The average molecular weight is 528 g/mol. The molecule has 0 amide bonds. The summed E-state index contributed by atoms with van der Waals surface area (Å²) in [5.41, 5.74) is 2.58. The molecule has 0 fully saturated rings. The van der Waals surface area contributed by atoms with E-state index >= 15 is 0 Å². The number of H-pyrrole nitrogens is 1. The number of hydrogen-bond acceptors (Lipinski definition) is 7. The summed E-state index contributed by atoms with van der Waals surface area (Å²) in [6, 6.07) is 14.4. The highest BCUT2D eigenvalue weighted by molar-refractivity contribution is 7.92. The molecule has 0 aliphatic heterocycles. The Hall–Kier alpha value is -3.73. The van der Waals surface area contributed by atoms with Gasteiger partial charge in [0.25, 0.3) is 0 Å². The van der Waals surface area contributed by atoms with Crippen molar-refractivity contribution < 1.29 is 22.6 Å². The minimum atomic E-state index is -3.89. The van der Waals surface area contributed by atoms with Crippen molar-refractivity contribution >= 4 is 21.4 Å². The molecular formula is C26H33N5O5S. The zero-order valence-corrected chi connectivity index (χ0v) is 22.7. The molecule has 198 valence electrons. The molecule has 0 saturated carbocycles. The SMILES string of the molecule is COc1ccc(OCCOc2ccc(C)cc2NS(=O)(=O)C(C)c2nnc3cc(C(C)(C)C)[nH]n23)cc1. The molecular weight excluding hydrogens is 494 g/mol. The normalized spacial score (nSPS) is 12.9. The molecule has 1 atom stereocenters. The lowest BCUT2D eigenvalue weighted by atomic mass is 9.93. The van der Waals surface area contributed by atoms with Crippen molar-refractivity contribution in [1.29, 1.82) is 0 Å². The van der Waals surface area contributed by atoms with Gasteiger partial charge in [-0.1, -0.05) is 26.8 Å². The molecule has 10 nitrogen and oxygen atoms in total. The summed E-state index contributed by atoms with van der Waals surface area (Å²) >= 11 is 0. The zero-order valence-electron chi connectivity index (χ0n) is 21.9. The third kappa shape index (κ3) is 5.99. The zero-order chi connectivity index (χ0) is 26.8. The molecule has 11 heteroatoms. The lowest BCUT2D eigenvalue weighted by Crippen LogP contribution is -2.22. The molecule has 4 aromatic rings. The molecule has 0 aliphatic rings. The van der Waals surface area contributed by atoms with Gasteiger partial charge in [-0.05, 0) is 55.8 Å². The summed E-state index contributed by atoms with van der Waals surface area (Å²) in [7, 11) is -2.29. The molecule has 2 aromatic carbocycles. The number of sulfonamides is 1. The van der Waals surface area contributed by atoms with Crippen LogP contribution in [0.4, 0.5) is 5.69 Å². The summed E-state index contributed by atoms with van der Waals surface area (Å²) in [5, 5.41) is 10.5. The third-order valence-corrected chi connectivity index (χ3v) is 7.56. The summed E-state index contributed by atoms with van der Waals surface area (Å²) in [4.78, 5) is 0. The number of aromatic amines is 1. The van der Waals surface area contributed by atoms with Crippen LogP contribution in [-0.2, 0) is 15.4 Å². The molecule has 37 heavy (non-hydrogen) atoms. The van der Waals surface area contributed by atoms with Gasteiger partial charge >= 0.3 is 0 Å². The number of hydrogen-bond donors (Lipinski definition) is 2. The number of aryl methyl sites for hydroxylation is 1. The number of fused-ring (bicyclic) bond motifs is 1. The Kier molecular flexibility index (Phi) is 7.35. The van der Waals surface area contributed by atoms with E-state index in [0.717, 1.165) is 17.0 Å². The molecule has 1 unspecified atom stereocenters. The van der Waals surface area contributed by atoms with Crippen LogP contribution in [0.2, 0.25) is 0 Å². The predicted octanol–water partition coefficient (Wildman–Crippen LogP) is 4.63. The van der Waals surface area contributed by atoms with Crippen LogP contribution >= 0.6 is 0 Å². The van der Waals surface area contributed by atoms with E-state index in [-0.39, 0.29) is 18.6 Å². The van der Waals surface area contributed by atoms with Gasteiger partial charge in [0.05, 0.1) is 12.8 Å². The van der Waals surface area contributed by atoms with Crippen LogP contribution in [0.5, 0.6) is 17.2 Å². The monoisotopic (exact) mass is 527 g/mol. The van der Waals surface area contributed by atoms with Gasteiger partial charge in [-0.15, -0.1) is 10.2 Å². The number of methoxy groups -OCH3 is 1. The fraction of sp³-hybridized carbons (Fsp3) is 0.385. The minimum Gasteiger partial charge on any atom is -0.497 e. The van der Waals surface area contributed by atoms with E-state index in [0.29, 0.717) is 28.7 Å². The third-order valence-electron chi connectivity index (χ3n) is 5.91. The molecule has 0 radical (unpaired) electrons. The second-order valence-corrected chi connectivity index (χ2v) is 11.8. The minimum absolute atomic E-state index is 0.150. The van der Waals surface area contributed by atoms with Crippen LogP contribution in [-0.4, -0.2) is 48.6 Å². The average Bonchev–Trinajstić information content (AvgIpc) is 3.44. The van der Waals surface area contributed by atoms with E-state index in [4.69, 9.17) is 14.2 Å². The van der Waals surface area contributed by atoms with E-state index < -0.39 is 15.3 Å². The fourth-order valence-corrected chi connectivity index (χ4v) is 4.73. The summed E-state index contributed by atoms with van der Waals surface area (Å²) in [6.07, 6.45) is 0. The highest BCUT2D eigenvalue weighted by atomic mass is 32.2. The van der Waals surface area contributed by atoms with Crippen molar-refractivity contribution in [3.05, 3.63) is 65.6 Å². The fourth-order valence-electron chi connectivity index (χ4n) is 3.66. The maximum absolute atomic E-state index is 13.4. The second-order valence-electron chi connectivity index (χ2n) is 9.83. The quantitative estimate of drug-likeness (QED) is 0.289. The maximum atomic E-state index is 13.4. The number of rotatable bonds is 10. The maximum Gasteiger partial charge on any atom is 0.242 e. The largest absolute Gasteiger partial charge is 0.497 e.